The van der Waals surface area contributed by atoms with Crippen molar-refractivity contribution in [2.24, 2.45) is 0 Å². The van der Waals surface area contributed by atoms with Crippen molar-refractivity contribution in [3.63, 3.8) is 0 Å². The second-order valence-electron chi connectivity index (χ2n) is 5.76. The van der Waals surface area contributed by atoms with E-state index in [2.05, 4.69) is 5.32 Å². The highest BCUT2D eigenvalue weighted by molar-refractivity contribution is 6.05. The molecule has 1 aromatic carbocycles. The number of anilines is 1. The molecule has 0 saturated carbocycles. The molecule has 1 atom stereocenters. The lowest BCUT2D eigenvalue weighted by molar-refractivity contribution is -0.136. The first-order valence-electron chi connectivity index (χ1n) is 7.03. The van der Waals surface area contributed by atoms with E-state index >= 15 is 0 Å². The Hall–Kier alpha value is -2.44. The molecule has 1 saturated heterocycles. The smallest absolute Gasteiger partial charge is 0.258 e. The summed E-state index contributed by atoms with van der Waals surface area (Å²) in [6, 6.07) is 2.34. The quantitative estimate of drug-likeness (QED) is 0.815. The van der Waals surface area contributed by atoms with E-state index in [-0.39, 0.29) is 30.9 Å². The van der Waals surface area contributed by atoms with E-state index in [0.29, 0.717) is 11.3 Å². The van der Waals surface area contributed by atoms with Crippen molar-refractivity contribution in [1.29, 1.82) is 0 Å². The molecule has 0 bridgehead atoms. The van der Waals surface area contributed by atoms with Crippen molar-refractivity contribution in [1.82, 2.24) is 10.2 Å². The van der Waals surface area contributed by atoms with Crippen LogP contribution in [0.4, 0.5) is 10.1 Å². The Morgan fingerprint density at radius 2 is 2.00 bits per heavy atom. The summed E-state index contributed by atoms with van der Waals surface area (Å²) < 4.78 is 14.2. The van der Waals surface area contributed by atoms with Crippen LogP contribution >= 0.6 is 0 Å². The minimum Gasteiger partial charge on any atom is -0.378 e. The molecule has 2 aliphatic rings. The van der Waals surface area contributed by atoms with Gasteiger partial charge in [0.25, 0.3) is 5.91 Å². The molecule has 6 nitrogen and oxygen atoms in total. The molecule has 0 aliphatic carbocycles. The maximum Gasteiger partial charge on any atom is 0.258 e. The van der Waals surface area contributed by atoms with Crippen LogP contribution in [0, 0.1) is 5.82 Å². The van der Waals surface area contributed by atoms with Crippen LogP contribution < -0.4 is 10.2 Å². The zero-order valence-corrected chi connectivity index (χ0v) is 12.4. The molecular formula is C15H16FN3O3. The molecule has 1 fully saturated rings. The molecule has 3 rings (SSSR count). The lowest BCUT2D eigenvalue weighted by Gasteiger charge is -2.29. The Morgan fingerprint density at radius 1 is 1.27 bits per heavy atom. The zero-order chi connectivity index (χ0) is 16.0. The number of fused-ring (bicyclic) bond motifs is 1. The Morgan fingerprint density at radius 3 is 2.64 bits per heavy atom. The second-order valence-corrected chi connectivity index (χ2v) is 5.76. The number of piperidine rings is 1. The highest BCUT2D eigenvalue weighted by Crippen LogP contribution is 2.32. The summed E-state index contributed by atoms with van der Waals surface area (Å²) >= 11 is 0. The standard InChI is InChI=1S/C15H16FN3O3/c1-18(2)9-5-8-7-19(15(22)13(8)10(16)6-9)11-3-4-12(20)17-14(11)21/h5-6,11H,3-4,7H2,1-2H3,(H,17,20,21). The monoisotopic (exact) mass is 305 g/mol. The molecule has 22 heavy (non-hydrogen) atoms. The highest BCUT2D eigenvalue weighted by Gasteiger charge is 2.40. The van der Waals surface area contributed by atoms with Gasteiger partial charge in [0, 0.05) is 32.7 Å². The largest absolute Gasteiger partial charge is 0.378 e. The van der Waals surface area contributed by atoms with Crippen LogP contribution in [0.5, 0.6) is 0 Å². The maximum absolute atomic E-state index is 14.2. The summed E-state index contributed by atoms with van der Waals surface area (Å²) in [5.41, 5.74) is 1.25. The van der Waals surface area contributed by atoms with Crippen molar-refractivity contribution in [2.75, 3.05) is 19.0 Å². The normalized spacial score (nSPS) is 21.0. The number of benzene rings is 1. The van der Waals surface area contributed by atoms with Crippen molar-refractivity contribution >= 4 is 23.4 Å². The summed E-state index contributed by atoms with van der Waals surface area (Å²) in [5.74, 6) is -1.91. The van der Waals surface area contributed by atoms with E-state index in [1.54, 1.807) is 25.1 Å². The Labute approximate surface area is 126 Å². The van der Waals surface area contributed by atoms with Crippen LogP contribution in [0.25, 0.3) is 0 Å². The van der Waals surface area contributed by atoms with Gasteiger partial charge in [0.05, 0.1) is 5.56 Å². The Balaban J connectivity index is 1.92. The maximum atomic E-state index is 14.2. The van der Waals surface area contributed by atoms with Gasteiger partial charge in [0.2, 0.25) is 11.8 Å². The van der Waals surface area contributed by atoms with Gasteiger partial charge in [-0.15, -0.1) is 0 Å². The van der Waals surface area contributed by atoms with E-state index in [0.717, 1.165) is 0 Å². The van der Waals surface area contributed by atoms with E-state index in [9.17, 15) is 18.8 Å². The minimum atomic E-state index is -0.722. The minimum absolute atomic E-state index is 0.0234. The van der Waals surface area contributed by atoms with Gasteiger partial charge in [-0.1, -0.05) is 0 Å². The molecule has 7 heteroatoms. The van der Waals surface area contributed by atoms with E-state index in [4.69, 9.17) is 0 Å². The van der Waals surface area contributed by atoms with Crippen LogP contribution in [0.1, 0.15) is 28.8 Å². The Bertz CT molecular complexity index is 687. The number of halogens is 1. The number of carbonyl (C=O) groups is 3. The summed E-state index contributed by atoms with van der Waals surface area (Å²) in [5, 5.41) is 2.22. The average Bonchev–Trinajstić information content (AvgIpc) is 2.76. The van der Waals surface area contributed by atoms with Gasteiger partial charge in [-0.25, -0.2) is 4.39 Å². The molecular weight excluding hydrogens is 289 g/mol. The molecule has 0 radical (unpaired) electrons. The number of nitrogens with zero attached hydrogens (tertiary/aromatic N) is 2. The first-order valence-corrected chi connectivity index (χ1v) is 7.03. The molecule has 2 heterocycles. The third-order valence-electron chi connectivity index (χ3n) is 4.07. The lowest BCUT2D eigenvalue weighted by Crippen LogP contribution is -2.52. The summed E-state index contributed by atoms with van der Waals surface area (Å²) in [6.07, 6.45) is 0.453. The van der Waals surface area contributed by atoms with Gasteiger partial charge in [0.15, 0.2) is 0 Å². The predicted octanol–water partition coefficient (Wildman–Crippen LogP) is 0.653. The lowest BCUT2D eigenvalue weighted by atomic mass is 10.0. The van der Waals surface area contributed by atoms with Gasteiger partial charge >= 0.3 is 0 Å². The van der Waals surface area contributed by atoms with E-state index in [1.807, 2.05) is 0 Å². The highest BCUT2D eigenvalue weighted by atomic mass is 19.1. The van der Waals surface area contributed by atoms with Gasteiger partial charge < -0.3 is 9.80 Å². The summed E-state index contributed by atoms with van der Waals surface area (Å²) in [4.78, 5) is 38.7. The molecule has 2 aliphatic heterocycles. The molecule has 116 valence electrons. The molecule has 1 unspecified atom stereocenters. The number of carbonyl (C=O) groups excluding carboxylic acids is 3. The van der Waals surface area contributed by atoms with Gasteiger partial charge in [0.1, 0.15) is 11.9 Å². The number of rotatable bonds is 2. The van der Waals surface area contributed by atoms with Gasteiger partial charge in [-0.3, -0.25) is 19.7 Å². The number of amides is 3. The van der Waals surface area contributed by atoms with Gasteiger partial charge in [-0.05, 0) is 24.1 Å². The first-order chi connectivity index (χ1) is 10.4. The predicted molar refractivity (Wildman–Crippen MR) is 76.8 cm³/mol. The summed E-state index contributed by atoms with van der Waals surface area (Å²) in [6.45, 7) is 0.180. The van der Waals surface area contributed by atoms with Crippen LogP contribution in [0.3, 0.4) is 0 Å². The molecule has 0 spiro atoms. The number of imide groups is 1. The summed E-state index contributed by atoms with van der Waals surface area (Å²) in [7, 11) is 3.58. The van der Waals surface area contributed by atoms with E-state index < -0.39 is 23.7 Å². The van der Waals surface area contributed by atoms with E-state index in [1.165, 1.54) is 11.0 Å². The van der Waals surface area contributed by atoms with Crippen molar-refractivity contribution in [3.05, 3.63) is 29.1 Å². The molecule has 1 N–H and O–H groups in total. The fourth-order valence-electron chi connectivity index (χ4n) is 2.90. The zero-order valence-electron chi connectivity index (χ0n) is 12.4. The number of hydrogen-bond donors (Lipinski definition) is 1. The van der Waals surface area contributed by atoms with Crippen molar-refractivity contribution in [2.45, 2.75) is 25.4 Å². The number of hydrogen-bond acceptors (Lipinski definition) is 4. The second kappa shape index (κ2) is 5.08. The third-order valence-corrected chi connectivity index (χ3v) is 4.07. The van der Waals surface area contributed by atoms with Crippen molar-refractivity contribution < 1.29 is 18.8 Å². The van der Waals surface area contributed by atoms with Gasteiger partial charge in [-0.2, -0.15) is 0 Å². The number of nitrogens with one attached hydrogen (secondary N) is 1. The van der Waals surface area contributed by atoms with Crippen molar-refractivity contribution in [3.8, 4) is 0 Å². The third kappa shape index (κ3) is 2.22. The van der Waals surface area contributed by atoms with Crippen LogP contribution in [-0.4, -0.2) is 42.8 Å². The van der Waals surface area contributed by atoms with Crippen LogP contribution in [0.15, 0.2) is 12.1 Å². The Kier molecular flexibility index (Phi) is 3.35. The average molecular weight is 305 g/mol. The van der Waals surface area contributed by atoms with Crippen LogP contribution in [-0.2, 0) is 16.1 Å². The fraction of sp³-hybridized carbons (Fsp3) is 0.400. The molecule has 1 aromatic rings. The molecule has 0 aromatic heterocycles. The first kappa shape index (κ1) is 14.5. The van der Waals surface area contributed by atoms with Crippen LogP contribution in [0.2, 0.25) is 0 Å². The topological polar surface area (TPSA) is 69.7 Å². The SMILES string of the molecule is CN(C)c1cc(F)c2c(c1)CN(C1CCC(=O)NC1=O)C2=O. The molecule has 3 amide bonds. The fourth-order valence-corrected chi connectivity index (χ4v) is 2.90.